The molecule has 2 rings (SSSR count). The Morgan fingerprint density at radius 3 is 2.93 bits per heavy atom. The van der Waals surface area contributed by atoms with Crippen LogP contribution in [0.1, 0.15) is 24.7 Å². The zero-order chi connectivity index (χ0) is 10.1. The number of nitrogens with one attached hydrogen (secondary N) is 1. The molecule has 1 N–H and O–H groups in total. The average Bonchev–Trinajstić information content (AvgIpc) is 2.45. The Bertz CT molecular complexity index is 460. The lowest BCUT2D eigenvalue weighted by Gasteiger charge is -2.00. The summed E-state index contributed by atoms with van der Waals surface area (Å²) >= 11 is 6.02. The van der Waals surface area contributed by atoms with Crippen molar-refractivity contribution in [3.63, 3.8) is 0 Å². The van der Waals surface area contributed by atoms with Crippen LogP contribution in [0.5, 0.6) is 0 Å². The molecule has 0 bridgehead atoms. The van der Waals surface area contributed by atoms with Crippen LogP contribution in [-0.2, 0) is 6.42 Å². The number of aromatic amines is 1. The summed E-state index contributed by atoms with van der Waals surface area (Å²) in [5.74, 6) is 0.944. The Kier molecular flexibility index (Phi) is 2.46. The maximum atomic E-state index is 6.02. The van der Waals surface area contributed by atoms with E-state index >= 15 is 0 Å². The van der Waals surface area contributed by atoms with E-state index in [1.54, 1.807) is 0 Å². The van der Waals surface area contributed by atoms with Gasteiger partial charge in [0.1, 0.15) is 5.82 Å². The number of hydrogen-bond donors (Lipinski definition) is 1. The van der Waals surface area contributed by atoms with E-state index in [1.165, 1.54) is 5.56 Å². The quantitative estimate of drug-likeness (QED) is 0.805. The molecule has 1 aromatic heterocycles. The van der Waals surface area contributed by atoms with Gasteiger partial charge in [0.05, 0.1) is 11.0 Å². The minimum Gasteiger partial charge on any atom is -0.342 e. The third-order valence-corrected chi connectivity index (χ3v) is 2.49. The van der Waals surface area contributed by atoms with E-state index in [9.17, 15) is 0 Å². The number of halogens is 1. The summed E-state index contributed by atoms with van der Waals surface area (Å²) in [6.07, 6.45) is 2.14. The number of imidazole rings is 1. The van der Waals surface area contributed by atoms with E-state index in [-0.39, 0.29) is 0 Å². The van der Waals surface area contributed by atoms with E-state index in [4.69, 9.17) is 11.6 Å². The van der Waals surface area contributed by atoms with Crippen molar-refractivity contribution in [2.24, 2.45) is 0 Å². The standard InChI is InChI=1S/C11H13ClN2/c1-3-4-8-5-9(12)6-10-11(8)14-7(2)13-10/h5-6H,3-4H2,1-2H3,(H,13,14). The summed E-state index contributed by atoms with van der Waals surface area (Å²) in [4.78, 5) is 7.66. The van der Waals surface area contributed by atoms with Crippen LogP contribution in [0.2, 0.25) is 5.02 Å². The third-order valence-electron chi connectivity index (χ3n) is 2.27. The first kappa shape index (κ1) is 9.53. The van der Waals surface area contributed by atoms with Crippen LogP contribution in [0.4, 0.5) is 0 Å². The van der Waals surface area contributed by atoms with Gasteiger partial charge >= 0.3 is 0 Å². The fourth-order valence-electron chi connectivity index (χ4n) is 1.73. The van der Waals surface area contributed by atoms with Crippen molar-refractivity contribution in [3.05, 3.63) is 28.5 Å². The second-order valence-electron chi connectivity index (χ2n) is 3.53. The summed E-state index contributed by atoms with van der Waals surface area (Å²) < 4.78 is 0. The zero-order valence-electron chi connectivity index (χ0n) is 8.39. The van der Waals surface area contributed by atoms with Gasteiger partial charge < -0.3 is 4.98 Å². The van der Waals surface area contributed by atoms with Gasteiger partial charge in [-0.2, -0.15) is 0 Å². The van der Waals surface area contributed by atoms with E-state index in [2.05, 4.69) is 16.9 Å². The summed E-state index contributed by atoms with van der Waals surface area (Å²) in [5, 5.41) is 0.782. The maximum Gasteiger partial charge on any atom is 0.104 e. The van der Waals surface area contributed by atoms with Gasteiger partial charge in [-0.05, 0) is 31.0 Å². The summed E-state index contributed by atoms with van der Waals surface area (Å²) in [6, 6.07) is 3.93. The number of rotatable bonds is 2. The molecule has 0 unspecified atom stereocenters. The monoisotopic (exact) mass is 208 g/mol. The largest absolute Gasteiger partial charge is 0.342 e. The molecule has 2 aromatic rings. The molecule has 14 heavy (non-hydrogen) atoms. The van der Waals surface area contributed by atoms with Crippen molar-refractivity contribution in [1.82, 2.24) is 9.97 Å². The Balaban J connectivity index is 2.66. The number of fused-ring (bicyclic) bond motifs is 1. The molecule has 0 aliphatic carbocycles. The molecule has 0 spiro atoms. The van der Waals surface area contributed by atoms with Crippen molar-refractivity contribution in [2.75, 3.05) is 0 Å². The van der Waals surface area contributed by atoms with Crippen LogP contribution in [0.25, 0.3) is 11.0 Å². The van der Waals surface area contributed by atoms with Crippen molar-refractivity contribution in [3.8, 4) is 0 Å². The van der Waals surface area contributed by atoms with E-state index in [0.29, 0.717) is 0 Å². The van der Waals surface area contributed by atoms with Crippen LogP contribution in [-0.4, -0.2) is 9.97 Å². The second kappa shape index (κ2) is 3.62. The van der Waals surface area contributed by atoms with E-state index < -0.39 is 0 Å². The molecule has 2 nitrogen and oxygen atoms in total. The van der Waals surface area contributed by atoms with Gasteiger partial charge in [0, 0.05) is 5.02 Å². The number of aryl methyl sites for hydroxylation is 2. The molecule has 1 heterocycles. The van der Waals surface area contributed by atoms with Crippen molar-refractivity contribution >= 4 is 22.6 Å². The highest BCUT2D eigenvalue weighted by Gasteiger charge is 2.06. The Morgan fingerprint density at radius 1 is 1.43 bits per heavy atom. The zero-order valence-corrected chi connectivity index (χ0v) is 9.15. The Labute approximate surface area is 88.3 Å². The van der Waals surface area contributed by atoms with Crippen LogP contribution >= 0.6 is 11.6 Å². The molecule has 0 amide bonds. The first-order valence-electron chi connectivity index (χ1n) is 4.85. The van der Waals surface area contributed by atoms with Gasteiger partial charge in [-0.15, -0.1) is 0 Å². The SMILES string of the molecule is CCCc1cc(Cl)cc2[nH]c(C)nc12. The highest BCUT2D eigenvalue weighted by molar-refractivity contribution is 6.31. The van der Waals surface area contributed by atoms with E-state index in [0.717, 1.165) is 34.7 Å². The van der Waals surface area contributed by atoms with Gasteiger partial charge in [0.25, 0.3) is 0 Å². The minimum absolute atomic E-state index is 0.782. The molecule has 0 fully saturated rings. The first-order valence-corrected chi connectivity index (χ1v) is 5.23. The first-order chi connectivity index (χ1) is 6.70. The van der Waals surface area contributed by atoms with Gasteiger partial charge in [0.2, 0.25) is 0 Å². The normalized spacial score (nSPS) is 11.1. The molecular weight excluding hydrogens is 196 g/mol. The molecular formula is C11H13ClN2. The van der Waals surface area contributed by atoms with Crippen molar-refractivity contribution in [2.45, 2.75) is 26.7 Å². The highest BCUT2D eigenvalue weighted by Crippen LogP contribution is 2.23. The number of nitrogens with zero attached hydrogens (tertiary/aromatic N) is 1. The number of hydrogen-bond acceptors (Lipinski definition) is 1. The molecule has 0 atom stereocenters. The molecule has 0 aliphatic rings. The number of H-pyrrole nitrogens is 1. The predicted molar refractivity (Wildman–Crippen MR) is 59.8 cm³/mol. The summed E-state index contributed by atoms with van der Waals surface area (Å²) in [5.41, 5.74) is 3.34. The summed E-state index contributed by atoms with van der Waals surface area (Å²) in [6.45, 7) is 4.12. The van der Waals surface area contributed by atoms with Crippen LogP contribution in [0.3, 0.4) is 0 Å². The Morgan fingerprint density at radius 2 is 2.21 bits per heavy atom. The molecule has 0 radical (unpaired) electrons. The van der Waals surface area contributed by atoms with Crippen LogP contribution < -0.4 is 0 Å². The molecule has 74 valence electrons. The average molecular weight is 209 g/mol. The lowest BCUT2D eigenvalue weighted by molar-refractivity contribution is 0.927. The van der Waals surface area contributed by atoms with Gasteiger partial charge in [-0.3, -0.25) is 0 Å². The van der Waals surface area contributed by atoms with Crippen LogP contribution in [0, 0.1) is 6.92 Å². The predicted octanol–water partition coefficient (Wildman–Crippen LogP) is 3.48. The second-order valence-corrected chi connectivity index (χ2v) is 3.97. The number of benzene rings is 1. The molecule has 3 heteroatoms. The number of aromatic nitrogens is 2. The van der Waals surface area contributed by atoms with Crippen molar-refractivity contribution < 1.29 is 0 Å². The lowest BCUT2D eigenvalue weighted by Crippen LogP contribution is -1.85. The fourth-order valence-corrected chi connectivity index (χ4v) is 1.97. The molecule has 1 aromatic carbocycles. The molecule has 0 aliphatic heterocycles. The maximum absolute atomic E-state index is 6.02. The Hall–Kier alpha value is -1.02. The molecule has 0 saturated carbocycles. The lowest BCUT2D eigenvalue weighted by atomic mass is 10.1. The third kappa shape index (κ3) is 1.62. The van der Waals surface area contributed by atoms with E-state index in [1.807, 2.05) is 19.1 Å². The topological polar surface area (TPSA) is 28.7 Å². The van der Waals surface area contributed by atoms with Crippen LogP contribution in [0.15, 0.2) is 12.1 Å². The van der Waals surface area contributed by atoms with Gasteiger partial charge in [-0.25, -0.2) is 4.98 Å². The highest BCUT2D eigenvalue weighted by atomic mass is 35.5. The van der Waals surface area contributed by atoms with Crippen molar-refractivity contribution in [1.29, 1.82) is 0 Å². The smallest absolute Gasteiger partial charge is 0.104 e. The minimum atomic E-state index is 0.782. The van der Waals surface area contributed by atoms with Gasteiger partial charge in [0.15, 0.2) is 0 Å². The summed E-state index contributed by atoms with van der Waals surface area (Å²) in [7, 11) is 0. The van der Waals surface area contributed by atoms with Gasteiger partial charge in [-0.1, -0.05) is 24.9 Å². The molecule has 0 saturated heterocycles. The fraction of sp³-hybridized carbons (Fsp3) is 0.364.